The first kappa shape index (κ1) is 14.2. The van der Waals surface area contributed by atoms with Gasteiger partial charge in [0.1, 0.15) is 0 Å². The van der Waals surface area contributed by atoms with Crippen LogP contribution >= 0.6 is 0 Å². The number of sulfonamides is 1. The summed E-state index contributed by atoms with van der Waals surface area (Å²) in [6.45, 7) is 1.96. The monoisotopic (exact) mass is 257 g/mol. The maximum atomic E-state index is 11.5. The summed E-state index contributed by atoms with van der Waals surface area (Å²) in [5.41, 5.74) is 0.714. The van der Waals surface area contributed by atoms with Crippen LogP contribution in [0.3, 0.4) is 0 Å². The molecule has 5 heteroatoms. The maximum Gasteiger partial charge on any atom is 0.211 e. The molecule has 0 amide bonds. The minimum absolute atomic E-state index is 0.0239. The number of aliphatic hydroxyl groups excluding tert-OH is 1. The maximum absolute atomic E-state index is 11.5. The normalized spacial score (nSPS) is 13.5. The van der Waals surface area contributed by atoms with Crippen LogP contribution < -0.4 is 4.72 Å². The van der Waals surface area contributed by atoms with Gasteiger partial charge in [0.05, 0.1) is 11.9 Å². The predicted molar refractivity (Wildman–Crippen MR) is 68.1 cm³/mol. The van der Waals surface area contributed by atoms with Crippen molar-refractivity contribution in [1.82, 2.24) is 4.72 Å². The van der Waals surface area contributed by atoms with Crippen molar-refractivity contribution in [2.24, 2.45) is 0 Å². The van der Waals surface area contributed by atoms with Crippen molar-refractivity contribution in [2.45, 2.75) is 25.9 Å². The van der Waals surface area contributed by atoms with Gasteiger partial charge in [0.2, 0.25) is 10.0 Å². The van der Waals surface area contributed by atoms with E-state index in [2.05, 4.69) is 4.72 Å². The van der Waals surface area contributed by atoms with Crippen molar-refractivity contribution >= 4 is 10.0 Å². The number of aliphatic hydroxyl groups is 1. The van der Waals surface area contributed by atoms with Gasteiger partial charge in [-0.1, -0.05) is 43.7 Å². The van der Waals surface area contributed by atoms with E-state index in [-0.39, 0.29) is 12.3 Å². The Morgan fingerprint density at radius 2 is 1.94 bits per heavy atom. The molecule has 0 fully saturated rings. The highest BCUT2D eigenvalue weighted by Crippen LogP contribution is 2.10. The summed E-state index contributed by atoms with van der Waals surface area (Å²) in [5, 5.41) is 9.78. The van der Waals surface area contributed by atoms with Gasteiger partial charge in [0.15, 0.2) is 0 Å². The van der Waals surface area contributed by atoms with Gasteiger partial charge in [-0.15, -0.1) is 0 Å². The molecule has 1 aromatic rings. The summed E-state index contributed by atoms with van der Waals surface area (Å²) in [5.74, 6) is 0.116. The third-order valence-electron chi connectivity index (χ3n) is 2.45. The number of hydrogen-bond donors (Lipinski definition) is 2. The minimum Gasteiger partial charge on any atom is -0.387 e. The van der Waals surface area contributed by atoms with Crippen LogP contribution in [0.2, 0.25) is 0 Å². The summed E-state index contributed by atoms with van der Waals surface area (Å²) in [6, 6.07) is 9.01. The quantitative estimate of drug-likeness (QED) is 0.776. The van der Waals surface area contributed by atoms with Crippen molar-refractivity contribution in [2.75, 3.05) is 12.3 Å². The van der Waals surface area contributed by atoms with Crippen LogP contribution in [0.4, 0.5) is 0 Å². The average molecular weight is 257 g/mol. The fraction of sp³-hybridized carbons (Fsp3) is 0.500. The van der Waals surface area contributed by atoms with E-state index < -0.39 is 16.1 Å². The van der Waals surface area contributed by atoms with Crippen molar-refractivity contribution in [3.8, 4) is 0 Å². The molecule has 0 radical (unpaired) electrons. The van der Waals surface area contributed by atoms with E-state index >= 15 is 0 Å². The van der Waals surface area contributed by atoms with E-state index in [1.54, 1.807) is 12.1 Å². The summed E-state index contributed by atoms with van der Waals surface area (Å²) >= 11 is 0. The Balaban J connectivity index is 2.46. The standard InChI is InChI=1S/C12H19NO3S/c1-2-3-9-17(15,16)13-10-12(14)11-7-5-4-6-8-11/h4-8,12-14H,2-3,9-10H2,1H3. The molecule has 0 saturated carbocycles. The van der Waals surface area contributed by atoms with E-state index in [0.29, 0.717) is 12.0 Å². The molecule has 0 bridgehead atoms. The first-order chi connectivity index (χ1) is 8.05. The lowest BCUT2D eigenvalue weighted by molar-refractivity contribution is 0.182. The van der Waals surface area contributed by atoms with Crippen molar-refractivity contribution in [3.05, 3.63) is 35.9 Å². The molecule has 0 heterocycles. The molecule has 96 valence electrons. The first-order valence-electron chi connectivity index (χ1n) is 5.75. The third kappa shape index (κ3) is 5.30. The molecule has 2 N–H and O–H groups in total. The lowest BCUT2D eigenvalue weighted by Gasteiger charge is -2.12. The van der Waals surface area contributed by atoms with Gasteiger partial charge in [0.25, 0.3) is 0 Å². The zero-order valence-electron chi connectivity index (χ0n) is 9.96. The van der Waals surface area contributed by atoms with E-state index in [1.165, 1.54) is 0 Å². The fourth-order valence-corrected chi connectivity index (χ4v) is 2.63. The van der Waals surface area contributed by atoms with Crippen LogP contribution in [0.5, 0.6) is 0 Å². The number of nitrogens with one attached hydrogen (secondary N) is 1. The Morgan fingerprint density at radius 3 is 2.53 bits per heavy atom. The van der Waals surface area contributed by atoms with Gasteiger partial charge in [0, 0.05) is 6.54 Å². The van der Waals surface area contributed by atoms with Crippen LogP contribution in [0.1, 0.15) is 31.4 Å². The molecule has 0 spiro atoms. The zero-order valence-corrected chi connectivity index (χ0v) is 10.8. The second-order valence-corrected chi connectivity index (χ2v) is 5.87. The molecule has 0 saturated heterocycles. The Labute approximate surface area is 103 Å². The van der Waals surface area contributed by atoms with E-state index in [4.69, 9.17) is 0 Å². The molecule has 0 aliphatic carbocycles. The minimum atomic E-state index is -3.26. The Bertz CT molecular complexity index is 417. The Hall–Kier alpha value is -0.910. The predicted octanol–water partition coefficient (Wildman–Crippen LogP) is 1.44. The van der Waals surface area contributed by atoms with E-state index in [1.807, 2.05) is 25.1 Å². The zero-order chi connectivity index (χ0) is 12.7. The average Bonchev–Trinajstić information content (AvgIpc) is 2.35. The van der Waals surface area contributed by atoms with Crippen molar-refractivity contribution in [1.29, 1.82) is 0 Å². The SMILES string of the molecule is CCCCS(=O)(=O)NCC(O)c1ccccc1. The van der Waals surface area contributed by atoms with Crippen LogP contribution in [0.25, 0.3) is 0 Å². The molecule has 0 aliphatic heterocycles. The molecule has 0 aromatic heterocycles. The van der Waals surface area contributed by atoms with E-state index in [0.717, 1.165) is 6.42 Å². The smallest absolute Gasteiger partial charge is 0.211 e. The summed E-state index contributed by atoms with van der Waals surface area (Å²) < 4.78 is 25.4. The number of benzene rings is 1. The molecule has 1 atom stereocenters. The van der Waals surface area contributed by atoms with Crippen LogP contribution in [0, 0.1) is 0 Å². The fourth-order valence-electron chi connectivity index (χ4n) is 1.41. The van der Waals surface area contributed by atoms with Gasteiger partial charge >= 0.3 is 0 Å². The summed E-state index contributed by atoms with van der Waals surface area (Å²) in [4.78, 5) is 0. The molecular weight excluding hydrogens is 238 g/mol. The number of hydrogen-bond acceptors (Lipinski definition) is 3. The van der Waals surface area contributed by atoms with Crippen molar-refractivity contribution in [3.63, 3.8) is 0 Å². The highest BCUT2D eigenvalue weighted by atomic mass is 32.2. The molecule has 0 aliphatic rings. The van der Waals surface area contributed by atoms with Gasteiger partial charge in [-0.3, -0.25) is 0 Å². The van der Waals surface area contributed by atoms with Gasteiger partial charge in [-0.2, -0.15) is 0 Å². The molecule has 1 aromatic carbocycles. The largest absolute Gasteiger partial charge is 0.387 e. The van der Waals surface area contributed by atoms with Gasteiger partial charge in [-0.25, -0.2) is 13.1 Å². The molecule has 1 rings (SSSR count). The second kappa shape index (κ2) is 6.74. The van der Waals surface area contributed by atoms with Crippen LogP contribution in [-0.4, -0.2) is 25.8 Å². The number of rotatable bonds is 7. The lowest BCUT2D eigenvalue weighted by atomic mass is 10.1. The van der Waals surface area contributed by atoms with Crippen LogP contribution in [-0.2, 0) is 10.0 Å². The van der Waals surface area contributed by atoms with Gasteiger partial charge in [-0.05, 0) is 12.0 Å². The summed E-state index contributed by atoms with van der Waals surface area (Å²) in [7, 11) is -3.26. The Morgan fingerprint density at radius 1 is 1.29 bits per heavy atom. The van der Waals surface area contributed by atoms with Crippen LogP contribution in [0.15, 0.2) is 30.3 Å². The summed E-state index contributed by atoms with van der Waals surface area (Å²) in [6.07, 6.45) is 0.673. The van der Waals surface area contributed by atoms with E-state index in [9.17, 15) is 13.5 Å². The Kier molecular flexibility index (Phi) is 5.61. The molecule has 1 unspecified atom stereocenters. The molecular formula is C12H19NO3S. The number of unbranched alkanes of at least 4 members (excludes halogenated alkanes) is 1. The lowest BCUT2D eigenvalue weighted by Crippen LogP contribution is -2.30. The first-order valence-corrected chi connectivity index (χ1v) is 7.40. The third-order valence-corrected chi connectivity index (χ3v) is 3.88. The topological polar surface area (TPSA) is 66.4 Å². The highest BCUT2D eigenvalue weighted by molar-refractivity contribution is 7.89. The van der Waals surface area contributed by atoms with Gasteiger partial charge < -0.3 is 5.11 Å². The highest BCUT2D eigenvalue weighted by Gasteiger charge is 2.13. The molecule has 4 nitrogen and oxygen atoms in total. The molecule has 17 heavy (non-hydrogen) atoms. The second-order valence-electron chi connectivity index (χ2n) is 3.95. The van der Waals surface area contributed by atoms with Crippen molar-refractivity contribution < 1.29 is 13.5 Å².